The van der Waals surface area contributed by atoms with Crippen molar-refractivity contribution in [3.63, 3.8) is 0 Å². The quantitative estimate of drug-likeness (QED) is 0.778. The van der Waals surface area contributed by atoms with Crippen molar-refractivity contribution in [3.05, 3.63) is 54.2 Å². The molecule has 0 saturated carbocycles. The highest BCUT2D eigenvalue weighted by Gasteiger charge is 2.20. The van der Waals surface area contributed by atoms with Gasteiger partial charge >= 0.3 is 0 Å². The number of hydrogen-bond acceptors (Lipinski definition) is 4. The van der Waals surface area contributed by atoms with Crippen LogP contribution < -0.4 is 5.73 Å². The fraction of sp³-hybridized carbons (Fsp3) is 0. The number of nitrogen functional groups attached to an aromatic ring is 1. The zero-order valence-electron chi connectivity index (χ0n) is 10.2. The first kappa shape index (κ1) is 12.3. The summed E-state index contributed by atoms with van der Waals surface area (Å²) in [6, 6.07) is 8.76. The number of nitrogens with two attached hydrogens (primary N) is 1. The Morgan fingerprint density at radius 3 is 2.55 bits per heavy atom. The minimum Gasteiger partial charge on any atom is -0.380 e. The van der Waals surface area contributed by atoms with Gasteiger partial charge in [-0.15, -0.1) is 0 Å². The zero-order chi connectivity index (χ0) is 14.1. The van der Waals surface area contributed by atoms with Crippen LogP contribution in [0.5, 0.6) is 0 Å². The van der Waals surface area contributed by atoms with Crippen molar-refractivity contribution >= 4 is 5.82 Å². The maximum absolute atomic E-state index is 13.9. The second-order valence-corrected chi connectivity index (χ2v) is 4.11. The first-order chi connectivity index (χ1) is 9.66. The van der Waals surface area contributed by atoms with Crippen molar-refractivity contribution in [1.29, 1.82) is 0 Å². The zero-order valence-corrected chi connectivity index (χ0v) is 10.2. The molecule has 2 N–H and O–H groups in total. The van der Waals surface area contributed by atoms with Gasteiger partial charge in [-0.3, -0.25) is 0 Å². The first-order valence-corrected chi connectivity index (χ1v) is 5.79. The number of aromatic nitrogens is 2. The van der Waals surface area contributed by atoms with E-state index in [-0.39, 0.29) is 17.1 Å². The minimum atomic E-state index is -0.478. The monoisotopic (exact) mass is 273 g/mol. The topological polar surface area (TPSA) is 64.9 Å². The van der Waals surface area contributed by atoms with E-state index < -0.39 is 11.6 Å². The molecule has 0 unspecified atom stereocenters. The van der Waals surface area contributed by atoms with E-state index in [4.69, 9.17) is 10.3 Å². The molecule has 0 saturated heterocycles. The Hall–Kier alpha value is -2.76. The third-order valence-electron chi connectivity index (χ3n) is 2.82. The van der Waals surface area contributed by atoms with Crippen LogP contribution in [0.4, 0.5) is 14.6 Å². The van der Waals surface area contributed by atoms with E-state index in [2.05, 4.69) is 10.1 Å². The maximum atomic E-state index is 13.9. The van der Waals surface area contributed by atoms with Crippen molar-refractivity contribution < 1.29 is 13.3 Å². The summed E-state index contributed by atoms with van der Waals surface area (Å²) in [4.78, 5) is 3.89. The van der Waals surface area contributed by atoms with Crippen molar-refractivity contribution in [1.82, 2.24) is 10.1 Å². The molecule has 0 aliphatic rings. The highest BCUT2D eigenvalue weighted by molar-refractivity contribution is 5.85. The third-order valence-corrected chi connectivity index (χ3v) is 2.82. The summed E-state index contributed by atoms with van der Waals surface area (Å²) >= 11 is 0. The molecular weight excluding hydrogens is 264 g/mol. The minimum absolute atomic E-state index is 0.0521. The molecule has 0 amide bonds. The van der Waals surface area contributed by atoms with Crippen LogP contribution in [-0.4, -0.2) is 10.1 Å². The molecule has 100 valence electrons. The number of pyridine rings is 1. The standard InChI is InChI=1S/C14H9F2N3O/c15-8-5-6-11(18-7-8)13-12(14(17)19-20-13)9-3-1-2-4-10(9)16/h1-7H,(H2,17,19). The number of halogens is 2. The highest BCUT2D eigenvalue weighted by atomic mass is 19.1. The largest absolute Gasteiger partial charge is 0.380 e. The SMILES string of the molecule is Nc1noc(-c2ccc(F)cn2)c1-c1ccccc1F. The van der Waals surface area contributed by atoms with Gasteiger partial charge in [-0.25, -0.2) is 13.8 Å². The van der Waals surface area contributed by atoms with Crippen molar-refractivity contribution in [3.8, 4) is 22.6 Å². The maximum Gasteiger partial charge on any atom is 0.195 e. The van der Waals surface area contributed by atoms with E-state index in [1.807, 2.05) is 0 Å². The lowest BCUT2D eigenvalue weighted by Gasteiger charge is -2.03. The van der Waals surface area contributed by atoms with Crippen LogP contribution in [0, 0.1) is 11.6 Å². The average molecular weight is 273 g/mol. The van der Waals surface area contributed by atoms with Gasteiger partial charge in [-0.2, -0.15) is 0 Å². The van der Waals surface area contributed by atoms with Crippen molar-refractivity contribution in [2.45, 2.75) is 0 Å². The summed E-state index contributed by atoms with van der Waals surface area (Å²) in [5.74, 6) is -0.678. The molecule has 0 aliphatic carbocycles. The van der Waals surface area contributed by atoms with Crippen LogP contribution in [0.2, 0.25) is 0 Å². The lowest BCUT2D eigenvalue weighted by molar-refractivity contribution is 0.434. The molecule has 3 rings (SSSR count). The Morgan fingerprint density at radius 1 is 1.05 bits per heavy atom. The number of rotatable bonds is 2. The molecule has 0 bridgehead atoms. The van der Waals surface area contributed by atoms with Gasteiger partial charge in [0.15, 0.2) is 11.6 Å². The second-order valence-electron chi connectivity index (χ2n) is 4.11. The van der Waals surface area contributed by atoms with E-state index in [0.717, 1.165) is 6.20 Å². The molecule has 6 heteroatoms. The highest BCUT2D eigenvalue weighted by Crippen LogP contribution is 2.36. The summed E-state index contributed by atoms with van der Waals surface area (Å²) in [5, 5.41) is 3.64. The molecule has 0 radical (unpaired) electrons. The van der Waals surface area contributed by atoms with E-state index in [1.165, 1.54) is 18.2 Å². The number of anilines is 1. The van der Waals surface area contributed by atoms with Crippen LogP contribution in [0.25, 0.3) is 22.6 Å². The normalized spacial score (nSPS) is 10.7. The summed E-state index contributed by atoms with van der Waals surface area (Å²) < 4.78 is 31.9. The Labute approximate surface area is 112 Å². The molecule has 0 spiro atoms. The van der Waals surface area contributed by atoms with Crippen molar-refractivity contribution in [2.24, 2.45) is 0 Å². The van der Waals surface area contributed by atoms with E-state index in [0.29, 0.717) is 11.3 Å². The predicted molar refractivity (Wildman–Crippen MR) is 69.5 cm³/mol. The predicted octanol–water partition coefficient (Wildman–Crippen LogP) is 3.26. The van der Waals surface area contributed by atoms with Crippen LogP contribution in [0.1, 0.15) is 0 Å². The molecule has 3 aromatic rings. The number of hydrogen-bond donors (Lipinski definition) is 1. The van der Waals surface area contributed by atoms with Crippen LogP contribution in [0.15, 0.2) is 47.1 Å². The lowest BCUT2D eigenvalue weighted by Crippen LogP contribution is -1.92. The summed E-state index contributed by atoms with van der Waals surface area (Å²) in [6.45, 7) is 0. The van der Waals surface area contributed by atoms with Crippen LogP contribution in [0.3, 0.4) is 0 Å². The lowest BCUT2D eigenvalue weighted by atomic mass is 10.0. The molecule has 0 fully saturated rings. The van der Waals surface area contributed by atoms with E-state index in [1.54, 1.807) is 18.2 Å². The molecule has 1 aromatic carbocycles. The Kier molecular flexibility index (Phi) is 2.90. The van der Waals surface area contributed by atoms with Crippen LogP contribution in [-0.2, 0) is 0 Å². The fourth-order valence-corrected chi connectivity index (χ4v) is 1.91. The van der Waals surface area contributed by atoms with Gasteiger partial charge in [-0.1, -0.05) is 23.4 Å². The van der Waals surface area contributed by atoms with Gasteiger partial charge in [0.2, 0.25) is 0 Å². The van der Waals surface area contributed by atoms with Crippen molar-refractivity contribution in [2.75, 3.05) is 5.73 Å². The van der Waals surface area contributed by atoms with Gasteiger partial charge in [0.25, 0.3) is 0 Å². The van der Waals surface area contributed by atoms with Gasteiger partial charge in [-0.05, 0) is 18.2 Å². The molecule has 0 aliphatic heterocycles. The number of nitrogens with zero attached hydrogens (tertiary/aromatic N) is 2. The number of benzene rings is 1. The fourth-order valence-electron chi connectivity index (χ4n) is 1.91. The molecular formula is C14H9F2N3O. The molecule has 20 heavy (non-hydrogen) atoms. The Bertz CT molecular complexity index is 753. The average Bonchev–Trinajstić information content (AvgIpc) is 2.82. The van der Waals surface area contributed by atoms with Gasteiger partial charge in [0.1, 0.15) is 17.3 Å². The third kappa shape index (κ3) is 2.01. The Morgan fingerprint density at radius 2 is 1.85 bits per heavy atom. The van der Waals surface area contributed by atoms with E-state index >= 15 is 0 Å². The Balaban J connectivity index is 2.20. The van der Waals surface area contributed by atoms with E-state index in [9.17, 15) is 8.78 Å². The molecule has 0 atom stereocenters. The molecule has 2 aromatic heterocycles. The van der Waals surface area contributed by atoms with Crippen LogP contribution >= 0.6 is 0 Å². The smallest absolute Gasteiger partial charge is 0.195 e. The summed E-state index contributed by atoms with van der Waals surface area (Å²) in [6.07, 6.45) is 1.04. The van der Waals surface area contributed by atoms with Gasteiger partial charge in [0.05, 0.1) is 11.8 Å². The van der Waals surface area contributed by atoms with Gasteiger partial charge < -0.3 is 10.3 Å². The summed E-state index contributed by atoms with van der Waals surface area (Å²) in [5.41, 5.74) is 6.63. The molecule has 2 heterocycles. The molecule has 4 nitrogen and oxygen atoms in total. The van der Waals surface area contributed by atoms with Gasteiger partial charge in [0, 0.05) is 5.56 Å². The second kappa shape index (κ2) is 4.73. The first-order valence-electron chi connectivity index (χ1n) is 5.79. The summed E-state index contributed by atoms with van der Waals surface area (Å²) in [7, 11) is 0.